The molecule has 13 heavy (non-hydrogen) atoms. The maximum Gasteiger partial charge on any atom is 0.356 e. The van der Waals surface area contributed by atoms with Crippen molar-refractivity contribution in [2.75, 3.05) is 5.75 Å². The molecule has 0 aliphatic carbocycles. The molecule has 0 spiro atoms. The molecule has 0 aromatic carbocycles. The number of carboxylic acids is 1. The minimum Gasteiger partial charge on any atom is -0.476 e. The lowest BCUT2D eigenvalue weighted by molar-refractivity contribution is 0.0690. The molecule has 5 nitrogen and oxygen atoms in total. The van der Waals surface area contributed by atoms with E-state index in [1.807, 2.05) is 6.92 Å². The summed E-state index contributed by atoms with van der Waals surface area (Å²) in [5, 5.41) is 14.1. The van der Waals surface area contributed by atoms with Gasteiger partial charge in [0, 0.05) is 6.07 Å². The van der Waals surface area contributed by atoms with Crippen LogP contribution in [0.3, 0.4) is 0 Å². The van der Waals surface area contributed by atoms with Gasteiger partial charge in [-0.15, -0.1) is 0 Å². The molecule has 0 fully saturated rings. The first-order valence-corrected chi connectivity index (χ1v) is 4.59. The number of nitrogens with zero attached hydrogens (tertiary/aromatic N) is 1. The normalized spacial score (nSPS) is 9.92. The smallest absolute Gasteiger partial charge is 0.356 e. The van der Waals surface area contributed by atoms with Crippen LogP contribution in [0.5, 0.6) is 0 Å². The molecule has 1 aromatic heterocycles. The van der Waals surface area contributed by atoms with Gasteiger partial charge in [0.2, 0.25) is 5.12 Å². The second-order valence-electron chi connectivity index (χ2n) is 2.19. The number of nitrogens with one attached hydrogen (secondary N) is 1. The van der Waals surface area contributed by atoms with Gasteiger partial charge in [-0.05, 0) is 5.75 Å². The highest BCUT2D eigenvalue weighted by molar-refractivity contribution is 8.14. The van der Waals surface area contributed by atoms with Crippen molar-refractivity contribution in [1.29, 1.82) is 0 Å². The molecule has 0 aliphatic rings. The monoisotopic (exact) mass is 200 g/mol. The summed E-state index contributed by atoms with van der Waals surface area (Å²) in [6.07, 6.45) is 0. The highest BCUT2D eigenvalue weighted by Gasteiger charge is 2.12. The molecule has 1 heterocycles. The van der Waals surface area contributed by atoms with Gasteiger partial charge in [0.1, 0.15) is 5.69 Å². The van der Waals surface area contributed by atoms with Crippen LogP contribution in [0.2, 0.25) is 0 Å². The summed E-state index contributed by atoms with van der Waals surface area (Å²) >= 11 is 1.11. The lowest BCUT2D eigenvalue weighted by Gasteiger charge is -1.90. The number of carboxylic acid groups (broad SMARTS) is 1. The maximum absolute atomic E-state index is 11.2. The van der Waals surface area contributed by atoms with Gasteiger partial charge in [-0.3, -0.25) is 9.89 Å². The highest BCUT2D eigenvalue weighted by atomic mass is 32.2. The molecule has 6 heteroatoms. The molecule has 0 radical (unpaired) electrons. The molecule has 1 rings (SSSR count). The van der Waals surface area contributed by atoms with Crippen LogP contribution in [0.25, 0.3) is 0 Å². The standard InChI is InChI=1S/C7H8N2O3S/c1-2-13-7(12)5-3-4(6(10)11)8-9-5/h3H,2H2,1H3,(H,8,9)(H,10,11). The third-order valence-corrected chi connectivity index (χ3v) is 2.06. The highest BCUT2D eigenvalue weighted by Crippen LogP contribution is 2.10. The molecule has 0 aliphatic heterocycles. The van der Waals surface area contributed by atoms with Crippen LogP contribution >= 0.6 is 11.8 Å². The van der Waals surface area contributed by atoms with Crippen LogP contribution in [0.4, 0.5) is 0 Å². The number of hydrogen-bond donors (Lipinski definition) is 2. The van der Waals surface area contributed by atoms with E-state index < -0.39 is 5.97 Å². The van der Waals surface area contributed by atoms with Crippen molar-refractivity contribution in [1.82, 2.24) is 10.2 Å². The topological polar surface area (TPSA) is 83.1 Å². The summed E-state index contributed by atoms with van der Waals surface area (Å²) in [4.78, 5) is 21.6. The second-order valence-corrected chi connectivity index (χ2v) is 3.43. The van der Waals surface area contributed by atoms with Crippen LogP contribution in [0, 0.1) is 0 Å². The van der Waals surface area contributed by atoms with Gasteiger partial charge in [-0.2, -0.15) is 5.10 Å². The number of hydrogen-bond acceptors (Lipinski definition) is 4. The Kier molecular flexibility index (Phi) is 3.07. The van der Waals surface area contributed by atoms with Gasteiger partial charge in [0.05, 0.1) is 0 Å². The summed E-state index contributed by atoms with van der Waals surface area (Å²) in [6, 6.07) is 1.23. The fourth-order valence-corrected chi connectivity index (χ4v) is 1.27. The van der Waals surface area contributed by atoms with Crippen LogP contribution < -0.4 is 0 Å². The molecule has 0 amide bonds. The predicted octanol–water partition coefficient (Wildman–Crippen LogP) is 1.00. The van der Waals surface area contributed by atoms with E-state index in [1.165, 1.54) is 6.07 Å². The van der Waals surface area contributed by atoms with Crippen molar-refractivity contribution in [3.63, 3.8) is 0 Å². The first-order valence-electron chi connectivity index (χ1n) is 3.61. The average molecular weight is 200 g/mol. The Morgan fingerprint density at radius 1 is 1.69 bits per heavy atom. The summed E-state index contributed by atoms with van der Waals surface area (Å²) in [5.41, 5.74) is 0.0873. The largest absolute Gasteiger partial charge is 0.476 e. The number of carbonyl (C=O) groups is 2. The minimum atomic E-state index is -1.14. The molecular weight excluding hydrogens is 192 g/mol. The summed E-state index contributed by atoms with van der Waals surface area (Å²) in [6.45, 7) is 1.84. The second kappa shape index (κ2) is 4.08. The zero-order valence-electron chi connectivity index (χ0n) is 6.90. The summed E-state index contributed by atoms with van der Waals surface area (Å²) in [5.74, 6) is -0.489. The Morgan fingerprint density at radius 2 is 2.38 bits per heavy atom. The van der Waals surface area contributed by atoms with Crippen molar-refractivity contribution in [2.45, 2.75) is 6.92 Å². The molecule has 0 atom stereocenters. The Hall–Kier alpha value is -1.30. The van der Waals surface area contributed by atoms with E-state index in [1.54, 1.807) is 0 Å². The van der Waals surface area contributed by atoms with Crippen molar-refractivity contribution < 1.29 is 14.7 Å². The maximum atomic E-state index is 11.2. The number of aromatic carboxylic acids is 1. The zero-order chi connectivity index (χ0) is 9.84. The van der Waals surface area contributed by atoms with Gasteiger partial charge in [-0.25, -0.2) is 4.79 Å². The third kappa shape index (κ3) is 2.32. The van der Waals surface area contributed by atoms with E-state index in [0.29, 0.717) is 5.75 Å². The van der Waals surface area contributed by atoms with E-state index in [0.717, 1.165) is 11.8 Å². The number of carbonyl (C=O) groups excluding carboxylic acids is 1. The predicted molar refractivity (Wildman–Crippen MR) is 48.0 cm³/mol. The Labute approximate surface area is 78.5 Å². The van der Waals surface area contributed by atoms with Gasteiger partial charge in [0.15, 0.2) is 5.69 Å². The van der Waals surface area contributed by atoms with E-state index >= 15 is 0 Å². The SMILES string of the molecule is CCSC(=O)c1cc(C(=O)O)n[nH]1. The van der Waals surface area contributed by atoms with Crippen LogP contribution in [0.1, 0.15) is 27.9 Å². The Bertz CT molecular complexity index is 334. The summed E-state index contributed by atoms with van der Waals surface area (Å²) < 4.78 is 0. The van der Waals surface area contributed by atoms with Gasteiger partial charge >= 0.3 is 5.97 Å². The van der Waals surface area contributed by atoms with E-state index in [2.05, 4.69) is 10.2 Å². The first kappa shape index (κ1) is 9.79. The van der Waals surface area contributed by atoms with Gasteiger partial charge in [-0.1, -0.05) is 18.7 Å². The van der Waals surface area contributed by atoms with Gasteiger partial charge in [0.25, 0.3) is 0 Å². The Morgan fingerprint density at radius 3 is 2.85 bits per heavy atom. The molecule has 0 unspecified atom stereocenters. The number of thioether (sulfide) groups is 1. The number of aromatic nitrogens is 2. The van der Waals surface area contributed by atoms with Gasteiger partial charge < -0.3 is 5.11 Å². The Balaban J connectivity index is 2.79. The lowest BCUT2D eigenvalue weighted by Crippen LogP contribution is -1.95. The summed E-state index contributed by atoms with van der Waals surface area (Å²) in [7, 11) is 0. The quantitative estimate of drug-likeness (QED) is 0.760. The van der Waals surface area contributed by atoms with Crippen LogP contribution in [-0.4, -0.2) is 32.1 Å². The molecule has 0 bridgehead atoms. The van der Waals surface area contributed by atoms with Crippen molar-refractivity contribution in [2.24, 2.45) is 0 Å². The third-order valence-electron chi connectivity index (χ3n) is 1.29. The molecule has 70 valence electrons. The fourth-order valence-electron chi connectivity index (χ4n) is 0.745. The molecule has 1 aromatic rings. The van der Waals surface area contributed by atoms with Crippen molar-refractivity contribution >= 4 is 22.8 Å². The van der Waals surface area contributed by atoms with E-state index in [-0.39, 0.29) is 16.5 Å². The first-order chi connectivity index (χ1) is 6.15. The molecule has 0 saturated carbocycles. The molecule has 0 saturated heterocycles. The van der Waals surface area contributed by atoms with E-state index in [9.17, 15) is 9.59 Å². The van der Waals surface area contributed by atoms with E-state index in [4.69, 9.17) is 5.11 Å². The lowest BCUT2D eigenvalue weighted by atomic mass is 10.4. The van der Waals surface area contributed by atoms with Crippen molar-refractivity contribution in [3.05, 3.63) is 17.5 Å². The van der Waals surface area contributed by atoms with Crippen LogP contribution in [-0.2, 0) is 0 Å². The zero-order valence-corrected chi connectivity index (χ0v) is 7.72. The number of H-pyrrole nitrogens is 1. The van der Waals surface area contributed by atoms with Crippen molar-refractivity contribution in [3.8, 4) is 0 Å². The number of rotatable bonds is 3. The van der Waals surface area contributed by atoms with Crippen LogP contribution in [0.15, 0.2) is 6.07 Å². The number of aromatic amines is 1. The average Bonchev–Trinajstić information content (AvgIpc) is 2.52. The fraction of sp³-hybridized carbons (Fsp3) is 0.286. The molecule has 2 N–H and O–H groups in total. The molecular formula is C7H8N2O3S. The minimum absolute atomic E-state index is 0.139.